The van der Waals surface area contributed by atoms with Gasteiger partial charge in [-0.05, 0) is 41.5 Å². The highest BCUT2D eigenvalue weighted by atomic mass is 35.5. The van der Waals surface area contributed by atoms with Crippen LogP contribution in [0.15, 0.2) is 53.9 Å². The number of piperazine rings is 1. The average molecular weight is 419 g/mol. The van der Waals surface area contributed by atoms with Crippen molar-refractivity contribution in [2.45, 2.75) is 25.6 Å². The quantitative estimate of drug-likeness (QED) is 0.649. The fourth-order valence-corrected chi connectivity index (χ4v) is 4.87. The average Bonchev–Trinajstić information content (AvgIpc) is 3.13. The van der Waals surface area contributed by atoms with E-state index in [0.717, 1.165) is 38.3 Å². The number of hydrogen-bond donors (Lipinski definition) is 2. The molecule has 2 N–H and O–H groups in total. The Morgan fingerprint density at radius 1 is 1.00 bits per heavy atom. The molecule has 2 aromatic carbocycles. The number of phenolic OH excluding ortho intramolecular Hbond substituents is 1. The van der Waals surface area contributed by atoms with Crippen LogP contribution in [0.2, 0.25) is 0 Å². The molecule has 1 saturated heterocycles. The van der Waals surface area contributed by atoms with Crippen LogP contribution in [0.25, 0.3) is 10.1 Å². The normalized spacial score (nSPS) is 17.9. The second kappa shape index (κ2) is 9.25. The van der Waals surface area contributed by atoms with E-state index in [4.69, 9.17) is 0 Å². The standard InChI is InChI=1S/C22H26N2O2S.ClH/c1-16(22(26)20-15-27-21-5-3-2-4-19(20)21)24-12-10-23(11-13-24)14-17-6-8-18(25)9-7-17;/h2-9,15-16,22,25-26H,10-14H2,1H3;1H. The van der Waals surface area contributed by atoms with Gasteiger partial charge in [-0.2, -0.15) is 0 Å². The predicted octanol–water partition coefficient (Wildman–Crippen LogP) is 4.27. The summed E-state index contributed by atoms with van der Waals surface area (Å²) in [6.07, 6.45) is -0.468. The number of benzene rings is 2. The summed E-state index contributed by atoms with van der Waals surface area (Å²) in [5.41, 5.74) is 2.27. The molecule has 2 unspecified atom stereocenters. The SMILES string of the molecule is CC(C(O)c1csc2ccccc12)N1CCN(Cc2ccc(O)cc2)CC1.Cl. The molecule has 1 aliphatic heterocycles. The van der Waals surface area contributed by atoms with Crippen molar-refractivity contribution in [3.8, 4) is 5.75 Å². The first-order valence-corrected chi connectivity index (χ1v) is 10.4. The van der Waals surface area contributed by atoms with E-state index >= 15 is 0 Å². The second-order valence-corrected chi connectivity index (χ2v) is 8.26. The Balaban J connectivity index is 0.00000225. The van der Waals surface area contributed by atoms with Crippen molar-refractivity contribution in [1.29, 1.82) is 0 Å². The van der Waals surface area contributed by atoms with Gasteiger partial charge in [-0.15, -0.1) is 23.7 Å². The summed E-state index contributed by atoms with van der Waals surface area (Å²) in [4.78, 5) is 4.83. The molecule has 2 heterocycles. The van der Waals surface area contributed by atoms with Crippen molar-refractivity contribution < 1.29 is 10.2 Å². The molecule has 28 heavy (non-hydrogen) atoms. The topological polar surface area (TPSA) is 46.9 Å². The van der Waals surface area contributed by atoms with Gasteiger partial charge in [-0.3, -0.25) is 9.80 Å². The van der Waals surface area contributed by atoms with Crippen LogP contribution >= 0.6 is 23.7 Å². The zero-order chi connectivity index (χ0) is 18.8. The molecule has 150 valence electrons. The van der Waals surface area contributed by atoms with Gasteiger partial charge < -0.3 is 10.2 Å². The number of aliphatic hydroxyl groups excluding tert-OH is 1. The van der Waals surface area contributed by atoms with E-state index in [9.17, 15) is 10.2 Å². The Hall–Kier alpha value is -1.63. The van der Waals surface area contributed by atoms with Crippen molar-refractivity contribution in [2.75, 3.05) is 26.2 Å². The maximum Gasteiger partial charge on any atom is 0.115 e. The van der Waals surface area contributed by atoms with Gasteiger partial charge in [0.15, 0.2) is 0 Å². The number of hydrogen-bond acceptors (Lipinski definition) is 5. The van der Waals surface area contributed by atoms with Crippen LogP contribution in [0.1, 0.15) is 24.2 Å². The molecule has 0 saturated carbocycles. The minimum absolute atomic E-state index is 0. The van der Waals surface area contributed by atoms with Gasteiger partial charge in [0.25, 0.3) is 0 Å². The molecule has 4 rings (SSSR count). The molecule has 1 fully saturated rings. The maximum atomic E-state index is 11.0. The molecule has 0 amide bonds. The summed E-state index contributed by atoms with van der Waals surface area (Å²) >= 11 is 1.70. The molecule has 2 atom stereocenters. The largest absolute Gasteiger partial charge is 0.508 e. The number of nitrogens with zero attached hydrogens (tertiary/aromatic N) is 2. The number of thiophene rings is 1. The van der Waals surface area contributed by atoms with Crippen molar-refractivity contribution in [1.82, 2.24) is 9.80 Å². The third-order valence-corrected chi connectivity index (χ3v) is 6.59. The van der Waals surface area contributed by atoms with Crippen molar-refractivity contribution in [3.05, 3.63) is 65.0 Å². The second-order valence-electron chi connectivity index (χ2n) is 7.35. The number of aromatic hydroxyl groups is 1. The minimum Gasteiger partial charge on any atom is -0.508 e. The van der Waals surface area contributed by atoms with Gasteiger partial charge in [0, 0.05) is 49.0 Å². The molecule has 0 radical (unpaired) electrons. The van der Waals surface area contributed by atoms with Gasteiger partial charge in [-0.25, -0.2) is 0 Å². The fourth-order valence-electron chi connectivity index (χ4n) is 3.88. The lowest BCUT2D eigenvalue weighted by atomic mass is 10.0. The molecule has 3 aromatic rings. The van der Waals surface area contributed by atoms with Crippen LogP contribution in [0.3, 0.4) is 0 Å². The van der Waals surface area contributed by atoms with Crippen molar-refractivity contribution >= 4 is 33.8 Å². The van der Waals surface area contributed by atoms with E-state index in [0.29, 0.717) is 5.75 Å². The lowest BCUT2D eigenvalue weighted by Gasteiger charge is -2.39. The summed E-state index contributed by atoms with van der Waals surface area (Å²) in [5, 5.41) is 23.7. The molecule has 1 aliphatic rings. The molecule has 4 nitrogen and oxygen atoms in total. The Bertz CT molecular complexity index is 891. The Morgan fingerprint density at radius 3 is 2.39 bits per heavy atom. The van der Waals surface area contributed by atoms with Crippen molar-refractivity contribution in [2.24, 2.45) is 0 Å². The summed E-state index contributed by atoms with van der Waals surface area (Å²) in [7, 11) is 0. The number of aliphatic hydroxyl groups is 1. The number of rotatable bonds is 5. The zero-order valence-electron chi connectivity index (χ0n) is 16.0. The number of phenols is 1. The van der Waals surface area contributed by atoms with E-state index in [1.807, 2.05) is 24.3 Å². The van der Waals surface area contributed by atoms with E-state index in [1.54, 1.807) is 23.5 Å². The van der Waals surface area contributed by atoms with E-state index in [2.05, 4.69) is 34.2 Å². The Morgan fingerprint density at radius 2 is 1.68 bits per heavy atom. The molecule has 1 aromatic heterocycles. The van der Waals surface area contributed by atoms with Gasteiger partial charge in [-0.1, -0.05) is 30.3 Å². The number of halogens is 1. The lowest BCUT2D eigenvalue weighted by Crippen LogP contribution is -2.50. The van der Waals surface area contributed by atoms with Crippen LogP contribution in [0.4, 0.5) is 0 Å². The van der Waals surface area contributed by atoms with Gasteiger partial charge in [0.05, 0.1) is 6.10 Å². The molecular weight excluding hydrogens is 392 g/mol. The molecule has 0 bridgehead atoms. The van der Waals surface area contributed by atoms with E-state index in [1.165, 1.54) is 15.6 Å². The summed E-state index contributed by atoms with van der Waals surface area (Å²) in [5.74, 6) is 0.312. The predicted molar refractivity (Wildman–Crippen MR) is 118 cm³/mol. The van der Waals surface area contributed by atoms with Gasteiger partial charge >= 0.3 is 0 Å². The highest BCUT2D eigenvalue weighted by Gasteiger charge is 2.28. The number of fused-ring (bicyclic) bond motifs is 1. The third kappa shape index (κ3) is 4.50. The van der Waals surface area contributed by atoms with Crippen LogP contribution in [0, 0.1) is 0 Å². The van der Waals surface area contributed by atoms with Crippen molar-refractivity contribution in [3.63, 3.8) is 0 Å². The van der Waals surface area contributed by atoms with Gasteiger partial charge in [0.1, 0.15) is 5.75 Å². The zero-order valence-corrected chi connectivity index (χ0v) is 17.6. The molecule has 6 heteroatoms. The molecular formula is C22H27ClN2O2S. The monoisotopic (exact) mass is 418 g/mol. The molecule has 0 spiro atoms. The molecule has 0 aliphatic carbocycles. The maximum absolute atomic E-state index is 11.0. The van der Waals surface area contributed by atoms with Crippen LogP contribution in [0.5, 0.6) is 5.75 Å². The lowest BCUT2D eigenvalue weighted by molar-refractivity contribution is 0.0252. The summed E-state index contributed by atoms with van der Waals surface area (Å²) < 4.78 is 1.23. The summed E-state index contributed by atoms with van der Waals surface area (Å²) in [6, 6.07) is 15.9. The highest BCUT2D eigenvalue weighted by molar-refractivity contribution is 7.17. The van der Waals surface area contributed by atoms with Crippen LogP contribution in [-0.2, 0) is 6.54 Å². The Labute approximate surface area is 176 Å². The first-order chi connectivity index (χ1) is 13.1. The minimum atomic E-state index is -0.468. The first-order valence-electron chi connectivity index (χ1n) is 9.50. The highest BCUT2D eigenvalue weighted by Crippen LogP contribution is 2.33. The first kappa shape index (κ1) is 21.1. The smallest absolute Gasteiger partial charge is 0.115 e. The Kier molecular flexibility index (Phi) is 6.96. The van der Waals surface area contributed by atoms with Crippen LogP contribution < -0.4 is 0 Å². The van der Waals surface area contributed by atoms with Gasteiger partial charge in [0.2, 0.25) is 0 Å². The summed E-state index contributed by atoms with van der Waals surface area (Å²) in [6.45, 7) is 6.92. The van der Waals surface area contributed by atoms with Crippen LogP contribution in [-0.4, -0.2) is 52.2 Å². The van der Waals surface area contributed by atoms with E-state index in [-0.39, 0.29) is 18.4 Å². The van der Waals surface area contributed by atoms with E-state index < -0.39 is 6.10 Å². The fraction of sp³-hybridized carbons (Fsp3) is 0.364. The third-order valence-electron chi connectivity index (χ3n) is 5.61.